The topological polar surface area (TPSA) is 78.9 Å². The number of nitrogens with zero attached hydrogens (tertiary/aromatic N) is 3. The van der Waals surface area contributed by atoms with Crippen molar-refractivity contribution in [2.45, 2.75) is 0 Å². The Morgan fingerprint density at radius 1 is 1.00 bits per heavy atom. The van der Waals surface area contributed by atoms with Crippen LogP contribution >= 0.6 is 11.6 Å². The third kappa shape index (κ3) is 3.83. The first kappa shape index (κ1) is 20.8. The zero-order chi connectivity index (χ0) is 22.9. The number of halogens is 1. The molecule has 0 aliphatic carbocycles. The van der Waals surface area contributed by atoms with Crippen molar-refractivity contribution in [3.05, 3.63) is 87.7 Å². The molecular weight excluding hydrogens is 442 g/mol. The summed E-state index contributed by atoms with van der Waals surface area (Å²) >= 11 is 6.12. The second-order valence-electron chi connectivity index (χ2n) is 7.22. The smallest absolute Gasteiger partial charge is 0.282 e. The van der Waals surface area contributed by atoms with Crippen LogP contribution in [0.25, 0.3) is 33.5 Å². The molecule has 0 N–H and O–H groups in total. The summed E-state index contributed by atoms with van der Waals surface area (Å²) < 4.78 is 17.8. The Bertz CT molecular complexity index is 1590. The maximum absolute atomic E-state index is 13.3. The van der Waals surface area contributed by atoms with E-state index in [4.69, 9.17) is 25.5 Å². The molecule has 2 heterocycles. The number of para-hydroxylation sites is 1. The number of ether oxygens (including phenoxy) is 2. The van der Waals surface area contributed by atoms with Gasteiger partial charge < -0.3 is 13.9 Å². The van der Waals surface area contributed by atoms with E-state index in [0.29, 0.717) is 38.8 Å². The molecule has 8 heteroatoms. The molecule has 0 atom stereocenters. The molecule has 0 saturated carbocycles. The Kier molecular flexibility index (Phi) is 5.32. The molecule has 0 spiro atoms. The van der Waals surface area contributed by atoms with Gasteiger partial charge in [0, 0.05) is 10.4 Å². The predicted octanol–water partition coefficient (Wildman–Crippen LogP) is 5.36. The van der Waals surface area contributed by atoms with Crippen LogP contribution in [0, 0.1) is 0 Å². The van der Waals surface area contributed by atoms with Gasteiger partial charge in [-0.3, -0.25) is 4.79 Å². The standard InChI is InChI=1S/C25H18ClN3O4/c1-31-21-9-7-15(11-22(21)32-2)14-27-29-24(28-19-6-4-3-5-18(19)25(29)30)23-13-16-12-17(26)8-10-20(16)33-23/h3-14H,1-2H3. The van der Waals surface area contributed by atoms with E-state index in [9.17, 15) is 4.79 Å². The molecule has 0 aliphatic rings. The van der Waals surface area contributed by atoms with Gasteiger partial charge >= 0.3 is 0 Å². The largest absolute Gasteiger partial charge is 0.493 e. The molecule has 5 rings (SSSR count). The van der Waals surface area contributed by atoms with E-state index in [1.54, 1.807) is 75.0 Å². The van der Waals surface area contributed by atoms with Crippen LogP contribution in [0.5, 0.6) is 11.5 Å². The molecule has 0 radical (unpaired) electrons. The number of aromatic nitrogens is 2. The number of furan rings is 1. The minimum Gasteiger partial charge on any atom is -0.493 e. The fourth-order valence-electron chi connectivity index (χ4n) is 3.57. The van der Waals surface area contributed by atoms with Crippen molar-refractivity contribution in [3.63, 3.8) is 0 Å². The highest BCUT2D eigenvalue weighted by Crippen LogP contribution is 2.29. The van der Waals surface area contributed by atoms with Crippen molar-refractivity contribution in [3.8, 4) is 23.1 Å². The van der Waals surface area contributed by atoms with E-state index in [2.05, 4.69) is 10.1 Å². The molecule has 5 aromatic rings. The van der Waals surface area contributed by atoms with Gasteiger partial charge in [-0.1, -0.05) is 23.7 Å². The number of fused-ring (bicyclic) bond motifs is 2. The first-order valence-corrected chi connectivity index (χ1v) is 10.4. The van der Waals surface area contributed by atoms with E-state index in [1.807, 2.05) is 12.1 Å². The maximum Gasteiger partial charge on any atom is 0.282 e. The van der Waals surface area contributed by atoms with Gasteiger partial charge in [-0.2, -0.15) is 9.78 Å². The van der Waals surface area contributed by atoms with E-state index in [0.717, 1.165) is 10.9 Å². The molecule has 0 fully saturated rings. The molecule has 33 heavy (non-hydrogen) atoms. The number of benzene rings is 3. The zero-order valence-corrected chi connectivity index (χ0v) is 18.5. The Morgan fingerprint density at radius 2 is 1.82 bits per heavy atom. The van der Waals surface area contributed by atoms with E-state index in [1.165, 1.54) is 4.68 Å². The van der Waals surface area contributed by atoms with Gasteiger partial charge in [0.1, 0.15) is 5.58 Å². The summed E-state index contributed by atoms with van der Waals surface area (Å²) in [6, 6.07) is 19.6. The van der Waals surface area contributed by atoms with Gasteiger partial charge in [0.15, 0.2) is 17.3 Å². The second-order valence-corrected chi connectivity index (χ2v) is 7.66. The predicted molar refractivity (Wildman–Crippen MR) is 129 cm³/mol. The normalized spacial score (nSPS) is 11.5. The van der Waals surface area contributed by atoms with Gasteiger partial charge in [0.05, 0.1) is 31.3 Å². The number of methoxy groups -OCH3 is 2. The fraction of sp³-hybridized carbons (Fsp3) is 0.0800. The van der Waals surface area contributed by atoms with E-state index in [-0.39, 0.29) is 11.4 Å². The minimum absolute atomic E-state index is 0.280. The Morgan fingerprint density at radius 3 is 2.64 bits per heavy atom. The zero-order valence-electron chi connectivity index (χ0n) is 17.8. The summed E-state index contributed by atoms with van der Waals surface area (Å²) in [5.74, 6) is 1.84. The molecule has 0 aliphatic heterocycles. The summed E-state index contributed by atoms with van der Waals surface area (Å²) in [6.07, 6.45) is 1.56. The molecule has 0 bridgehead atoms. The maximum atomic E-state index is 13.3. The third-order valence-corrected chi connectivity index (χ3v) is 5.42. The molecule has 0 amide bonds. The summed E-state index contributed by atoms with van der Waals surface area (Å²) in [6.45, 7) is 0. The lowest BCUT2D eigenvalue weighted by Crippen LogP contribution is -2.20. The lowest BCUT2D eigenvalue weighted by molar-refractivity contribution is 0.355. The molecule has 3 aromatic carbocycles. The summed E-state index contributed by atoms with van der Waals surface area (Å²) in [7, 11) is 3.13. The van der Waals surface area contributed by atoms with Crippen LogP contribution in [0.15, 0.2) is 81.0 Å². The lowest BCUT2D eigenvalue weighted by Gasteiger charge is -2.09. The molecule has 0 saturated heterocycles. The third-order valence-electron chi connectivity index (χ3n) is 5.18. The summed E-state index contributed by atoms with van der Waals surface area (Å²) in [5.41, 5.74) is 1.58. The molecule has 164 valence electrons. The molecule has 2 aromatic heterocycles. The average Bonchev–Trinajstić information content (AvgIpc) is 3.26. The Labute approximate surface area is 193 Å². The van der Waals surface area contributed by atoms with Crippen LogP contribution in [0.1, 0.15) is 5.56 Å². The van der Waals surface area contributed by atoms with Crippen LogP contribution in [-0.2, 0) is 0 Å². The van der Waals surface area contributed by atoms with Gasteiger partial charge in [-0.05, 0) is 60.2 Å². The van der Waals surface area contributed by atoms with Crippen molar-refractivity contribution < 1.29 is 13.9 Å². The number of hydrogen-bond acceptors (Lipinski definition) is 6. The molecular formula is C25H18ClN3O4. The van der Waals surface area contributed by atoms with Crippen LogP contribution in [0.3, 0.4) is 0 Å². The van der Waals surface area contributed by atoms with Crippen molar-refractivity contribution in [1.82, 2.24) is 9.66 Å². The average molecular weight is 460 g/mol. The fourth-order valence-corrected chi connectivity index (χ4v) is 3.75. The molecule has 0 unspecified atom stereocenters. The lowest BCUT2D eigenvalue weighted by atomic mass is 10.2. The summed E-state index contributed by atoms with van der Waals surface area (Å²) in [4.78, 5) is 18.0. The SMILES string of the molecule is COc1ccc(C=Nn2c(-c3cc4cc(Cl)ccc4o3)nc3ccccc3c2=O)cc1OC. The van der Waals surface area contributed by atoms with Gasteiger partial charge in [-0.25, -0.2) is 4.98 Å². The quantitative estimate of drug-likeness (QED) is 0.330. The van der Waals surface area contributed by atoms with Crippen LogP contribution in [0.2, 0.25) is 5.02 Å². The monoisotopic (exact) mass is 459 g/mol. The van der Waals surface area contributed by atoms with Crippen molar-refractivity contribution in [1.29, 1.82) is 0 Å². The van der Waals surface area contributed by atoms with Crippen molar-refractivity contribution >= 4 is 39.7 Å². The van der Waals surface area contributed by atoms with Gasteiger partial charge in [0.2, 0.25) is 5.82 Å². The highest BCUT2D eigenvalue weighted by molar-refractivity contribution is 6.31. The number of hydrogen-bond donors (Lipinski definition) is 0. The highest BCUT2D eigenvalue weighted by atomic mass is 35.5. The van der Waals surface area contributed by atoms with Crippen LogP contribution < -0.4 is 15.0 Å². The van der Waals surface area contributed by atoms with Crippen LogP contribution in [0.4, 0.5) is 0 Å². The van der Waals surface area contributed by atoms with Gasteiger partial charge in [0.25, 0.3) is 5.56 Å². The summed E-state index contributed by atoms with van der Waals surface area (Å²) in [5, 5.41) is 6.29. The Balaban J connectivity index is 1.69. The molecule has 7 nitrogen and oxygen atoms in total. The van der Waals surface area contributed by atoms with E-state index >= 15 is 0 Å². The Hall–Kier alpha value is -4.10. The first-order chi connectivity index (χ1) is 16.1. The van der Waals surface area contributed by atoms with Crippen molar-refractivity contribution in [2.75, 3.05) is 14.2 Å². The number of rotatable bonds is 5. The minimum atomic E-state index is -0.314. The van der Waals surface area contributed by atoms with Crippen molar-refractivity contribution in [2.24, 2.45) is 5.10 Å². The van der Waals surface area contributed by atoms with Crippen LogP contribution in [-0.4, -0.2) is 30.1 Å². The highest BCUT2D eigenvalue weighted by Gasteiger charge is 2.16. The van der Waals surface area contributed by atoms with E-state index < -0.39 is 0 Å². The van der Waals surface area contributed by atoms with Gasteiger partial charge in [-0.15, -0.1) is 0 Å². The second kappa shape index (κ2) is 8.44. The first-order valence-electron chi connectivity index (χ1n) is 10.0.